The highest BCUT2D eigenvalue weighted by Gasteiger charge is 2.61. The third kappa shape index (κ3) is 1.97. The van der Waals surface area contributed by atoms with E-state index in [4.69, 9.17) is 9.47 Å². The van der Waals surface area contributed by atoms with Crippen LogP contribution >= 0.6 is 11.3 Å². The molecule has 1 aliphatic carbocycles. The van der Waals surface area contributed by atoms with E-state index in [1.54, 1.807) is 18.4 Å². The first-order valence-corrected chi connectivity index (χ1v) is 9.86. The molecule has 2 aliphatic heterocycles. The molecule has 4 nitrogen and oxygen atoms in total. The van der Waals surface area contributed by atoms with Crippen LogP contribution in [0.25, 0.3) is 0 Å². The van der Waals surface area contributed by atoms with Gasteiger partial charge in [-0.3, -0.25) is 0 Å². The van der Waals surface area contributed by atoms with Crippen LogP contribution in [0.4, 0.5) is 5.00 Å². The van der Waals surface area contributed by atoms with E-state index in [0.717, 1.165) is 31.0 Å². The molecule has 25 heavy (non-hydrogen) atoms. The standard InChI is InChI=1S/C20H23NO3S/c1-12-14(22)10-16-20(12)7-8-21(17-4-3-9-25-17)11-13-5-6-15(23-2)19(24-16)18(13)20/h3-6,9,12,14,16,22H,7-8,10-11H2,1-2H3/t12?,14-,16+,20-/m1/s1. The number of anilines is 1. The van der Waals surface area contributed by atoms with E-state index in [2.05, 4.69) is 35.4 Å². The minimum atomic E-state index is -0.300. The number of hydrogen-bond acceptors (Lipinski definition) is 5. The topological polar surface area (TPSA) is 41.9 Å². The molecule has 0 bridgehead atoms. The summed E-state index contributed by atoms with van der Waals surface area (Å²) < 4.78 is 12.0. The highest BCUT2D eigenvalue weighted by molar-refractivity contribution is 7.14. The van der Waals surface area contributed by atoms with Crippen molar-refractivity contribution < 1.29 is 14.6 Å². The van der Waals surface area contributed by atoms with Crippen LogP contribution in [-0.2, 0) is 12.0 Å². The van der Waals surface area contributed by atoms with Crippen molar-refractivity contribution >= 4 is 16.3 Å². The zero-order chi connectivity index (χ0) is 17.2. The first-order valence-electron chi connectivity index (χ1n) is 8.98. The third-order valence-corrected chi connectivity index (χ3v) is 7.48. The molecule has 1 aromatic heterocycles. The van der Waals surface area contributed by atoms with E-state index >= 15 is 0 Å². The van der Waals surface area contributed by atoms with Gasteiger partial charge in [0.05, 0.1) is 18.2 Å². The van der Waals surface area contributed by atoms with Gasteiger partial charge in [0.2, 0.25) is 0 Å². The van der Waals surface area contributed by atoms with E-state index in [1.165, 1.54) is 16.1 Å². The fourth-order valence-corrected chi connectivity index (χ4v) is 5.99. The summed E-state index contributed by atoms with van der Waals surface area (Å²) in [5.41, 5.74) is 2.50. The van der Waals surface area contributed by atoms with Crippen LogP contribution in [0.3, 0.4) is 0 Å². The predicted octanol–water partition coefficient (Wildman–Crippen LogP) is 3.57. The number of nitrogens with zero attached hydrogens (tertiary/aromatic N) is 1. The van der Waals surface area contributed by atoms with Gasteiger partial charge in [-0.2, -0.15) is 0 Å². The molecule has 5 rings (SSSR count). The number of thiophene rings is 1. The maximum absolute atomic E-state index is 10.6. The molecular formula is C20H23NO3S. The molecule has 5 heteroatoms. The summed E-state index contributed by atoms with van der Waals surface area (Å²) in [6, 6.07) is 8.52. The minimum absolute atomic E-state index is 0.0471. The van der Waals surface area contributed by atoms with Crippen LogP contribution in [0.1, 0.15) is 30.9 Å². The molecule has 1 saturated carbocycles. The van der Waals surface area contributed by atoms with Crippen LogP contribution < -0.4 is 14.4 Å². The maximum Gasteiger partial charge on any atom is 0.165 e. The number of hydrogen-bond donors (Lipinski definition) is 1. The molecule has 3 heterocycles. The number of rotatable bonds is 2. The van der Waals surface area contributed by atoms with Crippen molar-refractivity contribution in [3.63, 3.8) is 0 Å². The first-order chi connectivity index (χ1) is 12.1. The Kier molecular flexibility index (Phi) is 3.35. The molecule has 1 spiro atoms. The monoisotopic (exact) mass is 357 g/mol. The smallest absolute Gasteiger partial charge is 0.165 e. The average molecular weight is 357 g/mol. The molecule has 4 atom stereocenters. The van der Waals surface area contributed by atoms with Crippen molar-refractivity contribution in [2.24, 2.45) is 5.92 Å². The van der Waals surface area contributed by atoms with E-state index in [0.29, 0.717) is 6.42 Å². The number of benzene rings is 1. The third-order valence-electron chi connectivity index (χ3n) is 6.55. The number of ether oxygens (including phenoxy) is 2. The molecule has 1 fully saturated rings. The molecule has 132 valence electrons. The lowest BCUT2D eigenvalue weighted by atomic mass is 9.69. The molecule has 2 aromatic rings. The van der Waals surface area contributed by atoms with E-state index in [1.807, 2.05) is 6.07 Å². The summed E-state index contributed by atoms with van der Waals surface area (Å²) in [6.07, 6.45) is 1.45. The summed E-state index contributed by atoms with van der Waals surface area (Å²) >= 11 is 1.79. The highest BCUT2D eigenvalue weighted by atomic mass is 32.1. The summed E-state index contributed by atoms with van der Waals surface area (Å²) in [5.74, 6) is 1.92. The van der Waals surface area contributed by atoms with Gasteiger partial charge in [0.25, 0.3) is 0 Å². The Labute approximate surface area is 152 Å². The fraction of sp³-hybridized carbons (Fsp3) is 0.500. The van der Waals surface area contributed by atoms with E-state index in [9.17, 15) is 5.11 Å². The van der Waals surface area contributed by atoms with Crippen LogP contribution in [0, 0.1) is 5.92 Å². The van der Waals surface area contributed by atoms with E-state index in [-0.39, 0.29) is 23.5 Å². The Balaban J connectivity index is 1.69. The van der Waals surface area contributed by atoms with Gasteiger partial charge >= 0.3 is 0 Å². The zero-order valence-electron chi connectivity index (χ0n) is 14.6. The fourth-order valence-electron chi connectivity index (χ4n) is 5.23. The second-order valence-corrected chi connectivity index (χ2v) is 8.42. The second-order valence-electron chi connectivity index (χ2n) is 7.49. The SMILES string of the molecule is COc1ccc2c3c1O[C@H]1C[C@@H](O)C(C)[C@@]31CCN(c1cccs1)C2. The van der Waals surface area contributed by atoms with Gasteiger partial charge in [-0.1, -0.05) is 13.0 Å². The van der Waals surface area contributed by atoms with Crippen molar-refractivity contribution in [3.05, 3.63) is 40.8 Å². The molecule has 0 amide bonds. The van der Waals surface area contributed by atoms with Crippen LogP contribution in [0.2, 0.25) is 0 Å². The number of aliphatic hydroxyl groups excluding tert-OH is 1. The zero-order valence-corrected chi connectivity index (χ0v) is 15.4. The highest BCUT2D eigenvalue weighted by Crippen LogP contribution is 2.61. The lowest BCUT2D eigenvalue weighted by molar-refractivity contribution is 0.116. The summed E-state index contributed by atoms with van der Waals surface area (Å²) in [7, 11) is 1.70. The largest absolute Gasteiger partial charge is 0.493 e. The maximum atomic E-state index is 10.6. The van der Waals surface area contributed by atoms with Crippen molar-refractivity contribution in [2.45, 2.75) is 43.9 Å². The first kappa shape index (κ1) is 15.5. The minimum Gasteiger partial charge on any atom is -0.493 e. The van der Waals surface area contributed by atoms with Crippen molar-refractivity contribution in [2.75, 3.05) is 18.6 Å². The summed E-state index contributed by atoms with van der Waals surface area (Å²) in [5, 5.41) is 14.0. The van der Waals surface area contributed by atoms with Gasteiger partial charge in [-0.05, 0) is 41.5 Å². The normalized spacial score (nSPS) is 32.8. The lowest BCUT2D eigenvalue weighted by Crippen LogP contribution is -2.40. The van der Waals surface area contributed by atoms with Crippen LogP contribution in [0.5, 0.6) is 11.5 Å². The molecule has 0 saturated heterocycles. The number of methoxy groups -OCH3 is 1. The Bertz CT molecular complexity index is 806. The lowest BCUT2D eigenvalue weighted by Gasteiger charge is -2.33. The Morgan fingerprint density at radius 1 is 1.36 bits per heavy atom. The Hall–Kier alpha value is -1.72. The van der Waals surface area contributed by atoms with Gasteiger partial charge in [-0.25, -0.2) is 0 Å². The molecule has 1 aromatic carbocycles. The second kappa shape index (κ2) is 5.39. The quantitative estimate of drug-likeness (QED) is 0.892. The van der Waals surface area contributed by atoms with Gasteiger partial charge in [0.15, 0.2) is 11.5 Å². The van der Waals surface area contributed by atoms with Crippen molar-refractivity contribution in [3.8, 4) is 11.5 Å². The number of aliphatic hydroxyl groups is 1. The van der Waals surface area contributed by atoms with Gasteiger partial charge in [0.1, 0.15) is 6.10 Å². The Morgan fingerprint density at radius 2 is 2.24 bits per heavy atom. The molecule has 1 unspecified atom stereocenters. The van der Waals surface area contributed by atoms with Gasteiger partial charge in [-0.15, -0.1) is 11.3 Å². The van der Waals surface area contributed by atoms with Crippen molar-refractivity contribution in [1.82, 2.24) is 0 Å². The van der Waals surface area contributed by atoms with Crippen LogP contribution in [0.15, 0.2) is 29.6 Å². The average Bonchev–Trinajstić information content (AvgIpc) is 3.26. The van der Waals surface area contributed by atoms with Gasteiger partial charge in [0, 0.05) is 30.5 Å². The predicted molar refractivity (Wildman–Crippen MR) is 98.9 cm³/mol. The van der Waals surface area contributed by atoms with Crippen molar-refractivity contribution in [1.29, 1.82) is 0 Å². The van der Waals surface area contributed by atoms with Crippen LogP contribution in [-0.4, -0.2) is 31.0 Å². The molecular weight excluding hydrogens is 334 g/mol. The summed E-state index contributed by atoms with van der Waals surface area (Å²) in [4.78, 5) is 2.47. The van der Waals surface area contributed by atoms with E-state index < -0.39 is 0 Å². The summed E-state index contributed by atoms with van der Waals surface area (Å²) in [6.45, 7) is 4.05. The molecule has 1 N–H and O–H groups in total. The van der Waals surface area contributed by atoms with Gasteiger partial charge < -0.3 is 19.5 Å². The molecule has 3 aliphatic rings. The molecule has 0 radical (unpaired) electrons. The Morgan fingerprint density at radius 3 is 3.00 bits per heavy atom.